The molecule has 0 bridgehead atoms. The summed E-state index contributed by atoms with van der Waals surface area (Å²) in [6.07, 6.45) is 1.94. The molecule has 4 atom stereocenters. The van der Waals surface area contributed by atoms with E-state index in [1.54, 1.807) is 0 Å². The number of benzene rings is 1. The third kappa shape index (κ3) is 3.31. The number of phenols is 1. The number of aliphatic hydroxyl groups is 2. The summed E-state index contributed by atoms with van der Waals surface area (Å²) in [4.78, 5) is 12.7. The molecule has 0 heterocycles. The zero-order chi connectivity index (χ0) is 20.6. The van der Waals surface area contributed by atoms with Crippen molar-refractivity contribution in [2.75, 3.05) is 7.11 Å². The number of ether oxygens (including phenoxy) is 2. The molecule has 6 heteroatoms. The van der Waals surface area contributed by atoms with Crippen LogP contribution in [0, 0.1) is 11.8 Å². The van der Waals surface area contributed by atoms with Gasteiger partial charge in [-0.05, 0) is 48.1 Å². The van der Waals surface area contributed by atoms with E-state index >= 15 is 0 Å². The Morgan fingerprint density at radius 3 is 2.71 bits per heavy atom. The molecule has 0 aliphatic heterocycles. The summed E-state index contributed by atoms with van der Waals surface area (Å²) >= 11 is 0. The van der Waals surface area contributed by atoms with Gasteiger partial charge in [-0.1, -0.05) is 26.5 Å². The smallest absolute Gasteiger partial charge is 0.338 e. The van der Waals surface area contributed by atoms with Crippen LogP contribution in [0.2, 0.25) is 0 Å². The van der Waals surface area contributed by atoms with Crippen molar-refractivity contribution in [1.29, 1.82) is 0 Å². The fourth-order valence-electron chi connectivity index (χ4n) is 4.39. The van der Waals surface area contributed by atoms with Crippen molar-refractivity contribution in [3.8, 4) is 11.5 Å². The average molecular weight is 388 g/mol. The van der Waals surface area contributed by atoms with Crippen LogP contribution in [0.25, 0.3) is 0 Å². The predicted octanol–water partition coefficient (Wildman–Crippen LogP) is 2.97. The van der Waals surface area contributed by atoms with E-state index in [9.17, 15) is 20.1 Å². The molecule has 1 aromatic rings. The number of hydrogen-bond donors (Lipinski definition) is 3. The maximum atomic E-state index is 12.7. The topological polar surface area (TPSA) is 96.2 Å². The summed E-state index contributed by atoms with van der Waals surface area (Å²) < 4.78 is 10.8. The Bertz CT molecular complexity index is 811. The Kier molecular flexibility index (Phi) is 5.55. The number of aromatic hydroxyl groups is 1. The van der Waals surface area contributed by atoms with Gasteiger partial charge in [-0.25, -0.2) is 4.79 Å². The van der Waals surface area contributed by atoms with E-state index < -0.39 is 29.7 Å². The summed E-state index contributed by atoms with van der Waals surface area (Å²) in [7, 11) is 1.40. The molecule has 2 aliphatic carbocycles. The summed E-state index contributed by atoms with van der Waals surface area (Å²) in [6, 6.07) is 4.25. The highest BCUT2D eigenvalue weighted by molar-refractivity contribution is 5.90. The third-order valence-electron chi connectivity index (χ3n) is 5.95. The number of aliphatic hydroxyl groups excluding tert-OH is 1. The van der Waals surface area contributed by atoms with E-state index in [4.69, 9.17) is 9.47 Å². The molecule has 1 aromatic carbocycles. The normalized spacial score (nSPS) is 29.9. The minimum atomic E-state index is -1.46. The number of fused-ring (bicyclic) bond motifs is 1. The lowest BCUT2D eigenvalue weighted by molar-refractivity contribution is -0.127. The van der Waals surface area contributed by atoms with E-state index in [-0.39, 0.29) is 23.0 Å². The van der Waals surface area contributed by atoms with E-state index in [1.165, 1.54) is 25.3 Å². The second kappa shape index (κ2) is 7.60. The molecule has 0 radical (unpaired) electrons. The second-order valence-corrected chi connectivity index (χ2v) is 7.94. The van der Waals surface area contributed by atoms with Crippen molar-refractivity contribution >= 4 is 5.97 Å². The summed E-state index contributed by atoms with van der Waals surface area (Å²) in [5, 5.41) is 32.0. The zero-order valence-electron chi connectivity index (χ0n) is 16.5. The predicted molar refractivity (Wildman–Crippen MR) is 104 cm³/mol. The maximum Gasteiger partial charge on any atom is 0.338 e. The first-order chi connectivity index (χ1) is 13.2. The second-order valence-electron chi connectivity index (χ2n) is 7.94. The van der Waals surface area contributed by atoms with Gasteiger partial charge in [0.05, 0.1) is 18.8 Å². The van der Waals surface area contributed by atoms with E-state index in [0.717, 1.165) is 6.42 Å². The Labute approximate surface area is 165 Å². The molecule has 3 rings (SSSR count). The molecule has 0 unspecified atom stereocenters. The Morgan fingerprint density at radius 2 is 2.07 bits per heavy atom. The molecule has 0 aromatic heterocycles. The maximum absolute atomic E-state index is 12.7. The summed E-state index contributed by atoms with van der Waals surface area (Å²) in [5.41, 5.74) is 0.0534. The standard InChI is InChI=1S/C22H28O6/c1-12(2)19-18(11-15-7-5-6-13(3)22(15,26)20(19)24)28-21(25)14-8-9-16(23)17(10-14)27-4/h7-10,12,18-20,23-24,26H,3,5-6,11H2,1-2,4H3/t18-,19-,20-,22+/m0/s1. The first kappa shape index (κ1) is 20.4. The van der Waals surface area contributed by atoms with Crippen LogP contribution in [-0.4, -0.2) is 46.2 Å². The third-order valence-corrected chi connectivity index (χ3v) is 5.95. The molecule has 28 heavy (non-hydrogen) atoms. The van der Waals surface area contributed by atoms with Gasteiger partial charge in [0.2, 0.25) is 0 Å². The van der Waals surface area contributed by atoms with Crippen molar-refractivity contribution in [3.05, 3.63) is 47.6 Å². The number of allylic oxidation sites excluding steroid dienone is 1. The number of methoxy groups -OCH3 is 1. The van der Waals surface area contributed by atoms with Gasteiger partial charge in [0.25, 0.3) is 0 Å². The number of carbonyl (C=O) groups is 1. The number of phenolic OH excluding ortho intramolecular Hbond substituents is 1. The summed E-state index contributed by atoms with van der Waals surface area (Å²) in [6.45, 7) is 7.84. The van der Waals surface area contributed by atoms with Gasteiger partial charge in [-0.3, -0.25) is 0 Å². The highest BCUT2D eigenvalue weighted by Gasteiger charge is 2.54. The molecule has 152 valence electrons. The van der Waals surface area contributed by atoms with Crippen molar-refractivity contribution < 1.29 is 29.6 Å². The van der Waals surface area contributed by atoms with Crippen LogP contribution in [-0.2, 0) is 4.74 Å². The SMILES string of the molecule is C=C1CCC=C2C[C@H](OC(=O)c3ccc(O)c(OC)c3)[C@H](C(C)C)[C@H](O)[C@@]12O. The average Bonchev–Trinajstić information content (AvgIpc) is 2.64. The number of hydrogen-bond acceptors (Lipinski definition) is 6. The number of carbonyl (C=O) groups excluding carboxylic acids is 1. The number of rotatable bonds is 4. The molecule has 1 saturated carbocycles. The zero-order valence-corrected chi connectivity index (χ0v) is 16.5. The van der Waals surface area contributed by atoms with Crippen LogP contribution >= 0.6 is 0 Å². The minimum absolute atomic E-state index is 0.0255. The van der Waals surface area contributed by atoms with E-state index in [2.05, 4.69) is 6.58 Å². The number of esters is 1. The first-order valence-corrected chi connectivity index (χ1v) is 9.56. The fraction of sp³-hybridized carbons (Fsp3) is 0.500. The van der Waals surface area contributed by atoms with Gasteiger partial charge in [-0.2, -0.15) is 0 Å². The molecule has 0 saturated heterocycles. The van der Waals surface area contributed by atoms with Crippen molar-refractivity contribution in [2.24, 2.45) is 11.8 Å². The quantitative estimate of drug-likeness (QED) is 0.542. The Balaban J connectivity index is 1.89. The van der Waals surface area contributed by atoms with Crippen LogP contribution in [0.1, 0.15) is 43.5 Å². The lowest BCUT2D eigenvalue weighted by atomic mass is 9.62. The van der Waals surface area contributed by atoms with Gasteiger partial charge in [0, 0.05) is 12.3 Å². The van der Waals surface area contributed by atoms with Crippen molar-refractivity contribution in [3.63, 3.8) is 0 Å². The molecule has 1 fully saturated rings. The fourth-order valence-corrected chi connectivity index (χ4v) is 4.39. The van der Waals surface area contributed by atoms with Crippen LogP contribution in [0.3, 0.4) is 0 Å². The van der Waals surface area contributed by atoms with Gasteiger partial charge >= 0.3 is 5.97 Å². The molecule has 2 aliphatic rings. The van der Waals surface area contributed by atoms with Crippen molar-refractivity contribution in [2.45, 2.75) is 50.9 Å². The van der Waals surface area contributed by atoms with Gasteiger partial charge in [0.1, 0.15) is 11.7 Å². The van der Waals surface area contributed by atoms with E-state index in [0.29, 0.717) is 24.0 Å². The van der Waals surface area contributed by atoms with Gasteiger partial charge in [-0.15, -0.1) is 0 Å². The van der Waals surface area contributed by atoms with Crippen LogP contribution in [0.4, 0.5) is 0 Å². The highest BCUT2D eigenvalue weighted by atomic mass is 16.5. The highest BCUT2D eigenvalue weighted by Crippen LogP contribution is 2.48. The van der Waals surface area contributed by atoms with Gasteiger partial charge in [0.15, 0.2) is 11.5 Å². The van der Waals surface area contributed by atoms with Crippen molar-refractivity contribution in [1.82, 2.24) is 0 Å². The largest absolute Gasteiger partial charge is 0.504 e. The van der Waals surface area contributed by atoms with Crippen LogP contribution in [0.15, 0.2) is 42.0 Å². The molecule has 0 amide bonds. The Hall–Kier alpha value is -2.31. The Morgan fingerprint density at radius 1 is 1.36 bits per heavy atom. The minimum Gasteiger partial charge on any atom is -0.504 e. The van der Waals surface area contributed by atoms with Crippen LogP contribution in [0.5, 0.6) is 11.5 Å². The molecular weight excluding hydrogens is 360 g/mol. The lowest BCUT2D eigenvalue weighted by Crippen LogP contribution is -2.59. The monoisotopic (exact) mass is 388 g/mol. The van der Waals surface area contributed by atoms with Gasteiger partial charge < -0.3 is 24.8 Å². The molecule has 0 spiro atoms. The molecule has 3 N–H and O–H groups in total. The lowest BCUT2D eigenvalue weighted by Gasteiger charge is -2.50. The first-order valence-electron chi connectivity index (χ1n) is 9.56. The van der Waals surface area contributed by atoms with E-state index in [1.807, 2.05) is 19.9 Å². The molecular formula is C22H28O6. The molecule has 6 nitrogen and oxygen atoms in total. The van der Waals surface area contributed by atoms with Crippen LogP contribution < -0.4 is 4.74 Å². The summed E-state index contributed by atoms with van der Waals surface area (Å²) in [5.74, 6) is -0.924.